The van der Waals surface area contributed by atoms with Crippen LogP contribution in [0.25, 0.3) is 0 Å². The Morgan fingerprint density at radius 2 is 2.37 bits per heavy atom. The number of nitrogens with two attached hydrogens (primary N) is 1. The fraction of sp³-hybridized carbons (Fsp3) is 0.571. The Balaban J connectivity index is 2.03. The minimum atomic E-state index is -0.541. The zero-order chi connectivity index (χ0) is 13.9. The van der Waals surface area contributed by atoms with E-state index in [0.717, 1.165) is 24.3 Å². The lowest BCUT2D eigenvalue weighted by Crippen LogP contribution is -2.56. The van der Waals surface area contributed by atoms with E-state index in [2.05, 4.69) is 10.3 Å². The Labute approximate surface area is 118 Å². The average molecular weight is 279 g/mol. The molecule has 1 fully saturated rings. The van der Waals surface area contributed by atoms with E-state index >= 15 is 0 Å². The summed E-state index contributed by atoms with van der Waals surface area (Å²) in [4.78, 5) is 16.1. The first-order valence-corrected chi connectivity index (χ1v) is 7.55. The van der Waals surface area contributed by atoms with Gasteiger partial charge in [-0.2, -0.15) is 0 Å². The molecular weight excluding hydrogens is 258 g/mol. The lowest BCUT2D eigenvalue weighted by atomic mass is 9.96. The predicted octanol–water partition coefficient (Wildman–Crippen LogP) is 1.95. The van der Waals surface area contributed by atoms with Crippen molar-refractivity contribution in [3.05, 3.63) is 24.4 Å². The molecule has 19 heavy (non-hydrogen) atoms. The SMILES string of the molecule is CC(C)NC1(C(N)=O)CCC(Sc2ccccn2)C1. The van der Waals surface area contributed by atoms with Gasteiger partial charge in [-0.05, 0) is 45.2 Å². The summed E-state index contributed by atoms with van der Waals surface area (Å²) in [5, 5.41) is 4.77. The first-order valence-electron chi connectivity index (χ1n) is 6.67. The third kappa shape index (κ3) is 3.48. The van der Waals surface area contributed by atoms with Gasteiger partial charge in [0.1, 0.15) is 0 Å². The zero-order valence-electron chi connectivity index (χ0n) is 11.4. The molecule has 0 aliphatic heterocycles. The fourth-order valence-corrected chi connectivity index (χ4v) is 3.89. The molecule has 0 bridgehead atoms. The van der Waals surface area contributed by atoms with E-state index < -0.39 is 5.54 Å². The minimum absolute atomic E-state index is 0.231. The topological polar surface area (TPSA) is 68.0 Å². The predicted molar refractivity (Wildman–Crippen MR) is 77.9 cm³/mol. The van der Waals surface area contributed by atoms with Crippen molar-refractivity contribution in [2.24, 2.45) is 5.73 Å². The van der Waals surface area contributed by atoms with Gasteiger partial charge in [0, 0.05) is 17.5 Å². The zero-order valence-corrected chi connectivity index (χ0v) is 12.2. The highest BCUT2D eigenvalue weighted by molar-refractivity contribution is 7.99. The van der Waals surface area contributed by atoms with E-state index in [1.54, 1.807) is 18.0 Å². The summed E-state index contributed by atoms with van der Waals surface area (Å²) in [6.07, 6.45) is 4.38. The van der Waals surface area contributed by atoms with Crippen molar-refractivity contribution in [2.45, 2.75) is 55.0 Å². The third-order valence-electron chi connectivity index (χ3n) is 3.43. The van der Waals surface area contributed by atoms with Crippen LogP contribution in [0.5, 0.6) is 0 Å². The summed E-state index contributed by atoms with van der Waals surface area (Å²) in [6, 6.07) is 6.15. The number of nitrogens with one attached hydrogen (secondary N) is 1. The van der Waals surface area contributed by atoms with Crippen LogP contribution in [-0.2, 0) is 4.79 Å². The molecule has 0 spiro atoms. The lowest BCUT2D eigenvalue weighted by Gasteiger charge is -2.29. The van der Waals surface area contributed by atoms with Crippen LogP contribution in [-0.4, -0.2) is 27.7 Å². The number of primary amides is 1. The number of hydrogen-bond donors (Lipinski definition) is 2. The molecule has 1 saturated carbocycles. The number of amides is 1. The molecule has 3 N–H and O–H groups in total. The summed E-state index contributed by atoms with van der Waals surface area (Å²) in [7, 11) is 0. The number of aromatic nitrogens is 1. The maximum Gasteiger partial charge on any atom is 0.237 e. The Bertz CT molecular complexity index is 438. The molecule has 1 aliphatic carbocycles. The highest BCUT2D eigenvalue weighted by Crippen LogP contribution is 2.39. The maximum absolute atomic E-state index is 11.8. The molecular formula is C14H21N3OS. The molecule has 4 nitrogen and oxygen atoms in total. The molecule has 0 saturated heterocycles. The third-order valence-corrected chi connectivity index (χ3v) is 4.65. The van der Waals surface area contributed by atoms with Gasteiger partial charge in [0.05, 0.1) is 10.6 Å². The van der Waals surface area contributed by atoms with Gasteiger partial charge in [-0.1, -0.05) is 6.07 Å². The molecule has 1 heterocycles. The molecule has 0 aromatic carbocycles. The Morgan fingerprint density at radius 1 is 1.58 bits per heavy atom. The van der Waals surface area contributed by atoms with Crippen molar-refractivity contribution in [3.63, 3.8) is 0 Å². The first kappa shape index (κ1) is 14.3. The van der Waals surface area contributed by atoms with E-state index in [1.165, 1.54) is 0 Å². The number of rotatable bonds is 5. The van der Waals surface area contributed by atoms with Crippen LogP contribution in [0.15, 0.2) is 29.4 Å². The maximum atomic E-state index is 11.8. The molecule has 1 amide bonds. The van der Waals surface area contributed by atoms with Crippen LogP contribution >= 0.6 is 11.8 Å². The minimum Gasteiger partial charge on any atom is -0.368 e. The largest absolute Gasteiger partial charge is 0.368 e. The second-order valence-electron chi connectivity index (χ2n) is 5.40. The van der Waals surface area contributed by atoms with Crippen LogP contribution in [0.2, 0.25) is 0 Å². The van der Waals surface area contributed by atoms with Crippen molar-refractivity contribution in [1.29, 1.82) is 0 Å². The second-order valence-corrected chi connectivity index (χ2v) is 6.72. The summed E-state index contributed by atoms with van der Waals surface area (Å²) in [5.41, 5.74) is 5.07. The van der Waals surface area contributed by atoms with Crippen molar-refractivity contribution in [2.75, 3.05) is 0 Å². The van der Waals surface area contributed by atoms with Crippen LogP contribution in [0.1, 0.15) is 33.1 Å². The van der Waals surface area contributed by atoms with Gasteiger partial charge in [-0.15, -0.1) is 11.8 Å². The number of carbonyl (C=O) groups is 1. The highest BCUT2D eigenvalue weighted by atomic mass is 32.2. The van der Waals surface area contributed by atoms with Gasteiger partial charge in [0.25, 0.3) is 0 Å². The monoisotopic (exact) mass is 279 g/mol. The van der Waals surface area contributed by atoms with E-state index in [1.807, 2.05) is 32.0 Å². The molecule has 5 heteroatoms. The van der Waals surface area contributed by atoms with Crippen molar-refractivity contribution >= 4 is 17.7 Å². The summed E-state index contributed by atoms with van der Waals surface area (Å²) in [6.45, 7) is 4.09. The van der Waals surface area contributed by atoms with E-state index in [4.69, 9.17) is 5.73 Å². The molecule has 104 valence electrons. The highest BCUT2D eigenvalue weighted by Gasteiger charge is 2.44. The van der Waals surface area contributed by atoms with Crippen LogP contribution in [0.3, 0.4) is 0 Å². The smallest absolute Gasteiger partial charge is 0.237 e. The van der Waals surface area contributed by atoms with Gasteiger partial charge < -0.3 is 11.1 Å². The number of hydrogen-bond acceptors (Lipinski definition) is 4. The molecule has 1 aliphatic rings. The number of thioether (sulfide) groups is 1. The molecule has 2 rings (SSSR count). The van der Waals surface area contributed by atoms with Crippen LogP contribution in [0.4, 0.5) is 0 Å². The Hall–Kier alpha value is -1.07. The van der Waals surface area contributed by atoms with Crippen LogP contribution < -0.4 is 11.1 Å². The Morgan fingerprint density at radius 3 is 2.95 bits per heavy atom. The molecule has 0 radical (unpaired) electrons. The number of nitrogens with zero attached hydrogens (tertiary/aromatic N) is 1. The first-order chi connectivity index (χ1) is 9.02. The Kier molecular flexibility index (Phi) is 4.47. The summed E-state index contributed by atoms with van der Waals surface area (Å²) in [5.74, 6) is -0.231. The van der Waals surface area contributed by atoms with E-state index in [9.17, 15) is 4.79 Å². The lowest BCUT2D eigenvalue weighted by molar-refractivity contribution is -0.124. The normalized spacial score (nSPS) is 26.8. The quantitative estimate of drug-likeness (QED) is 0.864. The van der Waals surface area contributed by atoms with E-state index in [-0.39, 0.29) is 11.9 Å². The standard InChI is InChI=1S/C14H21N3OS/c1-10(2)17-14(13(15)18)7-6-11(9-14)19-12-5-3-4-8-16-12/h3-5,8,10-11,17H,6-7,9H2,1-2H3,(H2,15,18). The van der Waals surface area contributed by atoms with Gasteiger partial charge in [-0.3, -0.25) is 4.79 Å². The van der Waals surface area contributed by atoms with Crippen molar-refractivity contribution in [1.82, 2.24) is 10.3 Å². The second kappa shape index (κ2) is 5.92. The molecule has 2 atom stereocenters. The van der Waals surface area contributed by atoms with Gasteiger partial charge in [0.2, 0.25) is 5.91 Å². The van der Waals surface area contributed by atoms with Gasteiger partial charge in [-0.25, -0.2) is 4.98 Å². The van der Waals surface area contributed by atoms with Crippen molar-refractivity contribution in [3.8, 4) is 0 Å². The summed E-state index contributed by atoms with van der Waals surface area (Å²) < 4.78 is 0. The molecule has 2 unspecified atom stereocenters. The molecule has 1 aromatic heterocycles. The fourth-order valence-electron chi connectivity index (χ4n) is 2.67. The summed E-state index contributed by atoms with van der Waals surface area (Å²) >= 11 is 1.74. The number of carbonyl (C=O) groups excluding carboxylic acids is 1. The average Bonchev–Trinajstić information content (AvgIpc) is 2.74. The van der Waals surface area contributed by atoms with E-state index in [0.29, 0.717) is 5.25 Å². The van der Waals surface area contributed by atoms with Crippen LogP contribution in [0, 0.1) is 0 Å². The van der Waals surface area contributed by atoms with Crippen molar-refractivity contribution < 1.29 is 4.79 Å². The van der Waals surface area contributed by atoms with Gasteiger partial charge in [0.15, 0.2) is 0 Å². The van der Waals surface area contributed by atoms with Gasteiger partial charge >= 0.3 is 0 Å². The number of pyridine rings is 1. The molecule has 1 aromatic rings.